The van der Waals surface area contributed by atoms with Crippen molar-refractivity contribution in [3.8, 4) is 0 Å². The Balaban J connectivity index is 0.000000548. The minimum Gasteiger partial charge on any atom is -0.512 e. The van der Waals surface area contributed by atoms with Gasteiger partial charge in [0.1, 0.15) is 0 Å². The van der Waals surface area contributed by atoms with E-state index in [0.29, 0.717) is 22.4 Å². The molecule has 5 rings (SSSR count). The molecule has 1 radical (unpaired) electrons. The van der Waals surface area contributed by atoms with Crippen LogP contribution in [0.5, 0.6) is 0 Å². The van der Waals surface area contributed by atoms with Crippen molar-refractivity contribution in [3.63, 3.8) is 0 Å². The summed E-state index contributed by atoms with van der Waals surface area (Å²) < 4.78 is 118. The number of hydrogen-bond donors (Lipinski definition) is 1. The molecule has 0 saturated carbocycles. The number of aromatic nitrogens is 1. The van der Waals surface area contributed by atoms with Crippen molar-refractivity contribution in [1.29, 1.82) is 0 Å². The van der Waals surface area contributed by atoms with Crippen LogP contribution in [0, 0.1) is 17.9 Å². The Labute approximate surface area is 322 Å². The smallest absolute Gasteiger partial charge is 0.314 e. The normalized spacial score (nSPS) is 19.7. The zero-order valence-electron chi connectivity index (χ0n) is 41.7. The average molecular weight is 835 g/mol. The van der Waals surface area contributed by atoms with E-state index in [-0.39, 0.29) is 49.3 Å². The Bertz CT molecular complexity index is 2070. The fourth-order valence-electron chi connectivity index (χ4n) is 5.94. The van der Waals surface area contributed by atoms with Gasteiger partial charge in [-0.3, -0.25) is 9.79 Å². The Morgan fingerprint density at radius 3 is 2.12 bits per heavy atom. The van der Waals surface area contributed by atoms with Crippen LogP contribution in [0.3, 0.4) is 0 Å². The van der Waals surface area contributed by atoms with E-state index < -0.39 is 62.6 Å². The number of para-hydroxylation sites is 1. The Morgan fingerprint density at radius 2 is 1.54 bits per heavy atom. The third-order valence-electron chi connectivity index (χ3n) is 8.59. The fraction of sp³-hybridized carbons (Fsp3) is 0.390. The SMILES string of the molecule is CCC(CC)C(=O)/C=C(\O)C(CC)CC.[2H]C([2H])([2H])C([2H])(c1cccc(C([2H])(C([2H])([2H])[2H])C([2H])([2H])[2H])c1B1c2ccccc2N=C2C(c3ccccn3)=[C-]C=CN12)C([2H])([2H])[2H].[Ir]. The van der Waals surface area contributed by atoms with E-state index in [0.717, 1.165) is 43.9 Å². The molecule has 0 atom stereocenters. The molecule has 255 valence electrons. The van der Waals surface area contributed by atoms with Gasteiger partial charge in [-0.25, -0.2) is 0 Å². The van der Waals surface area contributed by atoms with Gasteiger partial charge in [0.25, 0.3) is 0 Å². The number of ketones is 1. The molecule has 5 nitrogen and oxygen atoms in total. The summed E-state index contributed by atoms with van der Waals surface area (Å²) in [5.41, 5.74) is -0.273. The number of nitrogens with zero attached hydrogens (tertiary/aromatic N) is 3. The second kappa shape index (κ2) is 18.3. The first-order valence-corrected chi connectivity index (χ1v) is 16.0. The summed E-state index contributed by atoms with van der Waals surface area (Å²) in [5.74, 6) is -6.01. The maximum Gasteiger partial charge on any atom is 0.314 e. The number of benzene rings is 2. The summed E-state index contributed by atoms with van der Waals surface area (Å²) >= 11 is 0. The van der Waals surface area contributed by atoms with Gasteiger partial charge in [0.2, 0.25) is 0 Å². The molecule has 2 aliphatic rings. The van der Waals surface area contributed by atoms with Crippen LogP contribution in [0.4, 0.5) is 5.69 Å². The van der Waals surface area contributed by atoms with Crippen LogP contribution in [0.1, 0.15) is 129 Å². The number of carbonyl (C=O) groups is 1. The number of amidine groups is 1. The zero-order valence-corrected chi connectivity index (χ0v) is 30.1. The van der Waals surface area contributed by atoms with Crippen LogP contribution in [-0.2, 0) is 24.9 Å². The van der Waals surface area contributed by atoms with Crippen LogP contribution in [-0.4, -0.2) is 33.4 Å². The molecule has 0 unspecified atom stereocenters. The maximum absolute atomic E-state index is 11.7. The molecular weight excluding hydrogens is 769 g/mol. The molecule has 0 amide bonds. The van der Waals surface area contributed by atoms with Crippen molar-refractivity contribution in [2.75, 3.05) is 0 Å². The summed E-state index contributed by atoms with van der Waals surface area (Å²) in [7, 11) is 0. The first-order valence-electron chi connectivity index (χ1n) is 23.0. The van der Waals surface area contributed by atoms with Crippen molar-refractivity contribution >= 4 is 40.7 Å². The predicted octanol–water partition coefficient (Wildman–Crippen LogP) is 9.06. The van der Waals surface area contributed by atoms with E-state index in [1.807, 2.05) is 27.7 Å². The van der Waals surface area contributed by atoms with Gasteiger partial charge in [-0.05, 0) is 77.4 Å². The van der Waals surface area contributed by atoms with E-state index in [4.69, 9.17) is 24.2 Å². The van der Waals surface area contributed by atoms with Gasteiger partial charge < -0.3 is 14.9 Å². The molecule has 1 aromatic heterocycles. The van der Waals surface area contributed by atoms with Gasteiger partial charge in [0.15, 0.2) is 5.78 Å². The number of hydrogen-bond acceptors (Lipinski definition) is 5. The zero-order chi connectivity index (χ0) is 45.9. The van der Waals surface area contributed by atoms with Gasteiger partial charge in [0, 0.05) is 69.2 Å². The number of aliphatic hydroxyl groups excluding tert-OH is 1. The van der Waals surface area contributed by atoms with Gasteiger partial charge in [-0.15, -0.1) is 12.2 Å². The minimum absolute atomic E-state index is 0. The Kier molecular flexibility index (Phi) is 8.75. The van der Waals surface area contributed by atoms with Gasteiger partial charge in [-0.2, -0.15) is 0 Å². The van der Waals surface area contributed by atoms with Gasteiger partial charge in [-0.1, -0.05) is 115 Å². The van der Waals surface area contributed by atoms with Crippen molar-refractivity contribution in [3.05, 3.63) is 114 Å². The van der Waals surface area contributed by atoms with E-state index in [9.17, 15) is 9.90 Å². The minimum atomic E-state index is -3.52. The maximum atomic E-state index is 11.7. The Morgan fingerprint density at radius 1 is 0.917 bits per heavy atom. The number of fused-ring (bicyclic) bond motifs is 2. The molecule has 48 heavy (non-hydrogen) atoms. The largest absolute Gasteiger partial charge is 0.512 e. The summed E-state index contributed by atoms with van der Waals surface area (Å²) in [6.45, 7) is -7.35. The standard InChI is InChI=1S/C28H27BN3.C13H24O2.Ir/c1-19(2)21-11-9-12-22(20(3)4)27(21)29-24-14-5-6-16-26(24)31-28-23(13-10-18-32(28)29)25-15-7-8-17-30-25;1-5-10(6-2)12(14)9-13(15)11(7-3)8-4;/h5-12,14-20H,1-4H3;9-11,14H,5-8H2,1-4H3;/q-1;;/b;12-9-;/i1D3,2D3,3D3,4D3,19D,20D;;. The topological polar surface area (TPSA) is 65.8 Å². The first-order chi connectivity index (χ1) is 28.3. The van der Waals surface area contributed by atoms with Gasteiger partial charge >= 0.3 is 6.85 Å². The molecule has 0 spiro atoms. The van der Waals surface area contributed by atoms with Crippen molar-refractivity contribution in [1.82, 2.24) is 9.79 Å². The average Bonchev–Trinajstić information content (AvgIpc) is 3.18. The van der Waals surface area contributed by atoms with Crippen LogP contribution in [0.25, 0.3) is 5.57 Å². The second-order valence-electron chi connectivity index (χ2n) is 11.4. The summed E-state index contributed by atoms with van der Waals surface area (Å²) in [6, 6.07) is 14.9. The molecule has 0 fully saturated rings. The summed E-state index contributed by atoms with van der Waals surface area (Å²) in [5, 5.41) is 9.76. The van der Waals surface area contributed by atoms with E-state index in [1.54, 1.807) is 48.7 Å². The molecule has 0 saturated heterocycles. The molecular formula is C41H51BIrN3O2-. The molecule has 2 aliphatic heterocycles. The molecule has 3 heterocycles. The van der Waals surface area contributed by atoms with E-state index >= 15 is 0 Å². The number of aliphatic hydroxyl groups is 1. The molecule has 1 N–H and O–H groups in total. The molecule has 7 heteroatoms. The number of pyridine rings is 1. The third kappa shape index (κ3) is 8.73. The first kappa shape index (κ1) is 23.0. The molecule has 3 aromatic rings. The number of carbonyl (C=O) groups excluding carboxylic acids is 1. The summed E-state index contributed by atoms with van der Waals surface area (Å²) in [6.07, 6.45) is 12.6. The predicted molar refractivity (Wildman–Crippen MR) is 199 cm³/mol. The van der Waals surface area contributed by atoms with Crippen LogP contribution >= 0.6 is 0 Å². The summed E-state index contributed by atoms with van der Waals surface area (Å²) in [4.78, 5) is 22.4. The van der Waals surface area contributed by atoms with Crippen LogP contribution < -0.4 is 10.9 Å². The number of rotatable bonds is 11. The number of allylic oxidation sites excluding steroid dienone is 4. The quantitative estimate of drug-likeness (QED) is 0.0907. The third-order valence-corrected chi connectivity index (χ3v) is 8.59. The molecule has 2 aromatic carbocycles. The van der Waals surface area contributed by atoms with E-state index in [2.05, 4.69) is 11.1 Å². The molecule has 0 aliphatic carbocycles. The van der Waals surface area contributed by atoms with Crippen molar-refractivity contribution in [2.45, 2.75) is 92.6 Å². The monoisotopic (exact) mass is 835 g/mol. The van der Waals surface area contributed by atoms with Crippen molar-refractivity contribution in [2.24, 2.45) is 16.8 Å². The van der Waals surface area contributed by atoms with E-state index in [1.165, 1.54) is 23.2 Å². The van der Waals surface area contributed by atoms with Crippen LogP contribution in [0.15, 0.2) is 96.0 Å². The molecule has 0 bridgehead atoms. The number of aliphatic imine (C=N–C) groups is 1. The second-order valence-corrected chi connectivity index (χ2v) is 11.4. The van der Waals surface area contributed by atoms with Crippen LogP contribution in [0.2, 0.25) is 0 Å². The van der Waals surface area contributed by atoms with Gasteiger partial charge in [0.05, 0.1) is 11.4 Å². The van der Waals surface area contributed by atoms with Crippen molar-refractivity contribution < 1.29 is 49.2 Å². The fourth-order valence-corrected chi connectivity index (χ4v) is 5.94. The Hall–Kier alpha value is -3.54.